The van der Waals surface area contributed by atoms with Crippen LogP contribution < -0.4 is 5.73 Å². The molecule has 82 valence electrons. The quantitative estimate of drug-likeness (QED) is 0.849. The lowest BCUT2D eigenvalue weighted by atomic mass is 10.1. The van der Waals surface area contributed by atoms with E-state index in [2.05, 4.69) is 17.2 Å². The van der Waals surface area contributed by atoms with Crippen LogP contribution in [-0.4, -0.2) is 15.8 Å². The highest BCUT2D eigenvalue weighted by Gasteiger charge is 1.94. The maximum atomic E-state index is 5.65. The highest BCUT2D eigenvalue weighted by Crippen LogP contribution is 2.09. The van der Waals surface area contributed by atoms with E-state index in [-0.39, 0.29) is 6.04 Å². The van der Waals surface area contributed by atoms with Gasteiger partial charge in [0.25, 0.3) is 0 Å². The van der Waals surface area contributed by atoms with Crippen molar-refractivity contribution >= 4 is 6.08 Å². The van der Waals surface area contributed by atoms with Gasteiger partial charge in [-0.25, -0.2) is 4.68 Å². The molecule has 0 aliphatic heterocycles. The first-order valence-corrected chi connectivity index (χ1v) is 5.29. The van der Waals surface area contributed by atoms with Gasteiger partial charge in [-0.05, 0) is 30.7 Å². The number of hydrogen-bond donors (Lipinski definition) is 1. The van der Waals surface area contributed by atoms with Gasteiger partial charge in [-0.15, -0.1) is 0 Å². The average Bonchev–Trinajstić information content (AvgIpc) is 2.80. The van der Waals surface area contributed by atoms with Crippen LogP contribution in [0.4, 0.5) is 0 Å². The Morgan fingerprint density at radius 1 is 1.31 bits per heavy atom. The molecule has 0 saturated carbocycles. The number of hydrogen-bond acceptors (Lipinski definition) is 2. The molecule has 3 nitrogen and oxygen atoms in total. The molecule has 16 heavy (non-hydrogen) atoms. The van der Waals surface area contributed by atoms with Gasteiger partial charge in [0.15, 0.2) is 0 Å². The first-order chi connectivity index (χ1) is 7.75. The van der Waals surface area contributed by atoms with E-state index in [1.165, 1.54) is 0 Å². The molecule has 2 aromatic rings. The largest absolute Gasteiger partial charge is 0.325 e. The standard InChI is InChI=1S/C13H15N3/c1-11(14)3-4-12-5-7-13(8-6-12)16-10-2-9-15-16/h2-11H,14H2,1H3/b4-3+. The third-order valence-electron chi connectivity index (χ3n) is 2.25. The lowest BCUT2D eigenvalue weighted by molar-refractivity contribution is 0.880. The molecule has 2 rings (SSSR count). The Balaban J connectivity index is 2.17. The summed E-state index contributed by atoms with van der Waals surface area (Å²) in [6.07, 6.45) is 7.69. The van der Waals surface area contributed by atoms with E-state index >= 15 is 0 Å². The summed E-state index contributed by atoms with van der Waals surface area (Å²) in [6, 6.07) is 10.2. The molecular formula is C13H15N3. The van der Waals surface area contributed by atoms with Crippen molar-refractivity contribution in [3.05, 3.63) is 54.4 Å². The highest BCUT2D eigenvalue weighted by molar-refractivity contribution is 5.52. The van der Waals surface area contributed by atoms with E-state index < -0.39 is 0 Å². The number of nitrogens with zero attached hydrogens (tertiary/aromatic N) is 2. The van der Waals surface area contributed by atoms with Gasteiger partial charge in [-0.1, -0.05) is 24.3 Å². The molecule has 3 heteroatoms. The molecule has 1 aromatic carbocycles. The van der Waals surface area contributed by atoms with E-state index in [9.17, 15) is 0 Å². The number of benzene rings is 1. The summed E-state index contributed by atoms with van der Waals surface area (Å²) in [5, 5.41) is 4.17. The van der Waals surface area contributed by atoms with Crippen molar-refractivity contribution in [2.45, 2.75) is 13.0 Å². The van der Waals surface area contributed by atoms with E-state index in [1.807, 2.05) is 48.2 Å². The van der Waals surface area contributed by atoms with Crippen LogP contribution in [0.15, 0.2) is 48.8 Å². The number of rotatable bonds is 3. The van der Waals surface area contributed by atoms with Crippen LogP contribution in [0, 0.1) is 0 Å². The van der Waals surface area contributed by atoms with Crippen LogP contribution in [0.5, 0.6) is 0 Å². The van der Waals surface area contributed by atoms with Gasteiger partial charge in [0.1, 0.15) is 0 Å². The molecule has 0 amide bonds. The summed E-state index contributed by atoms with van der Waals surface area (Å²) in [6.45, 7) is 1.95. The SMILES string of the molecule is CC(N)/C=C/c1ccc(-n2cccn2)cc1. The van der Waals surface area contributed by atoms with Crippen LogP contribution in [0.25, 0.3) is 11.8 Å². The Morgan fingerprint density at radius 3 is 2.62 bits per heavy atom. The van der Waals surface area contributed by atoms with Gasteiger partial charge in [0, 0.05) is 18.4 Å². The molecule has 1 atom stereocenters. The molecule has 0 spiro atoms. The van der Waals surface area contributed by atoms with Crippen LogP contribution >= 0.6 is 0 Å². The van der Waals surface area contributed by atoms with E-state index in [0.717, 1.165) is 11.3 Å². The zero-order chi connectivity index (χ0) is 11.4. The van der Waals surface area contributed by atoms with Crippen LogP contribution in [0.3, 0.4) is 0 Å². The molecule has 1 heterocycles. The normalized spacial score (nSPS) is 13.1. The molecule has 0 radical (unpaired) electrons. The van der Waals surface area contributed by atoms with Crippen LogP contribution in [-0.2, 0) is 0 Å². The smallest absolute Gasteiger partial charge is 0.0645 e. The summed E-state index contributed by atoms with van der Waals surface area (Å²) in [5.41, 5.74) is 7.85. The van der Waals surface area contributed by atoms with Gasteiger partial charge in [-0.3, -0.25) is 0 Å². The first-order valence-electron chi connectivity index (χ1n) is 5.29. The Labute approximate surface area is 95.2 Å². The van der Waals surface area contributed by atoms with Crippen molar-refractivity contribution in [2.24, 2.45) is 5.73 Å². The molecule has 2 N–H and O–H groups in total. The summed E-state index contributed by atoms with van der Waals surface area (Å²) < 4.78 is 1.83. The minimum Gasteiger partial charge on any atom is -0.325 e. The molecule has 0 aliphatic carbocycles. The van der Waals surface area contributed by atoms with Crippen molar-refractivity contribution in [3.63, 3.8) is 0 Å². The van der Waals surface area contributed by atoms with Crippen molar-refractivity contribution in [1.29, 1.82) is 0 Å². The summed E-state index contributed by atoms with van der Waals surface area (Å²) >= 11 is 0. The Morgan fingerprint density at radius 2 is 2.06 bits per heavy atom. The van der Waals surface area contributed by atoms with Gasteiger partial charge < -0.3 is 5.73 Å². The van der Waals surface area contributed by atoms with Gasteiger partial charge in [0.05, 0.1) is 5.69 Å². The Hall–Kier alpha value is -1.87. The van der Waals surface area contributed by atoms with Crippen molar-refractivity contribution in [3.8, 4) is 5.69 Å². The van der Waals surface area contributed by atoms with Crippen LogP contribution in [0.2, 0.25) is 0 Å². The zero-order valence-corrected chi connectivity index (χ0v) is 9.25. The van der Waals surface area contributed by atoms with Gasteiger partial charge in [0.2, 0.25) is 0 Å². The second-order valence-electron chi connectivity index (χ2n) is 3.76. The second-order valence-corrected chi connectivity index (χ2v) is 3.76. The second kappa shape index (κ2) is 4.77. The minimum absolute atomic E-state index is 0.0887. The topological polar surface area (TPSA) is 43.8 Å². The number of aromatic nitrogens is 2. The number of nitrogens with two attached hydrogens (primary N) is 1. The monoisotopic (exact) mass is 213 g/mol. The predicted octanol–water partition coefficient (Wildman–Crippen LogP) is 2.23. The van der Waals surface area contributed by atoms with E-state index in [1.54, 1.807) is 6.20 Å². The molecule has 0 fully saturated rings. The Kier molecular flexibility index (Phi) is 3.17. The average molecular weight is 213 g/mol. The predicted molar refractivity (Wildman–Crippen MR) is 66.2 cm³/mol. The molecule has 0 saturated heterocycles. The zero-order valence-electron chi connectivity index (χ0n) is 9.25. The third-order valence-corrected chi connectivity index (χ3v) is 2.25. The van der Waals surface area contributed by atoms with E-state index in [0.29, 0.717) is 0 Å². The van der Waals surface area contributed by atoms with Gasteiger partial charge >= 0.3 is 0 Å². The summed E-state index contributed by atoms with van der Waals surface area (Å²) in [4.78, 5) is 0. The highest BCUT2D eigenvalue weighted by atomic mass is 15.3. The lowest BCUT2D eigenvalue weighted by Crippen LogP contribution is -2.09. The van der Waals surface area contributed by atoms with Crippen LogP contribution in [0.1, 0.15) is 12.5 Å². The minimum atomic E-state index is 0.0887. The van der Waals surface area contributed by atoms with Crippen molar-refractivity contribution < 1.29 is 0 Å². The lowest BCUT2D eigenvalue weighted by Gasteiger charge is -2.01. The summed E-state index contributed by atoms with van der Waals surface area (Å²) in [5.74, 6) is 0. The first kappa shape index (κ1) is 10.6. The fourth-order valence-electron chi connectivity index (χ4n) is 1.42. The molecular weight excluding hydrogens is 198 g/mol. The molecule has 1 aromatic heterocycles. The summed E-state index contributed by atoms with van der Waals surface area (Å²) in [7, 11) is 0. The third kappa shape index (κ3) is 2.58. The fraction of sp³-hybridized carbons (Fsp3) is 0.154. The van der Waals surface area contributed by atoms with Crippen molar-refractivity contribution in [2.75, 3.05) is 0 Å². The Bertz CT molecular complexity index is 452. The molecule has 0 bridgehead atoms. The maximum Gasteiger partial charge on any atom is 0.0645 e. The van der Waals surface area contributed by atoms with Crippen molar-refractivity contribution in [1.82, 2.24) is 9.78 Å². The maximum absolute atomic E-state index is 5.65. The van der Waals surface area contributed by atoms with Gasteiger partial charge in [-0.2, -0.15) is 5.10 Å². The molecule has 1 unspecified atom stereocenters. The fourth-order valence-corrected chi connectivity index (χ4v) is 1.42. The molecule has 0 aliphatic rings. The van der Waals surface area contributed by atoms with E-state index in [4.69, 9.17) is 5.73 Å².